The Morgan fingerprint density at radius 1 is 0.862 bits per heavy atom. The first-order chi connectivity index (χ1) is 14.2. The second-order valence-corrected chi connectivity index (χ2v) is 10.2. The van der Waals surface area contributed by atoms with Crippen LogP contribution in [0.2, 0.25) is 0 Å². The van der Waals surface area contributed by atoms with Gasteiger partial charge in [-0.1, -0.05) is 19.3 Å². The lowest BCUT2D eigenvalue weighted by Gasteiger charge is -2.34. The van der Waals surface area contributed by atoms with Gasteiger partial charge in [0.1, 0.15) is 6.04 Å². The summed E-state index contributed by atoms with van der Waals surface area (Å²) in [6, 6.07) is 0.857. The summed E-state index contributed by atoms with van der Waals surface area (Å²) < 4.78 is 0. The van der Waals surface area contributed by atoms with Crippen LogP contribution in [0, 0.1) is 11.8 Å². The SMILES string of the molecule is O=C(C1CC(N(CC2CCCCC2)C2CC2)CN1C(=O)C1CC1)N1CCNCC1. The van der Waals surface area contributed by atoms with Crippen LogP contribution in [0.15, 0.2) is 0 Å². The Kier molecular flexibility index (Phi) is 5.83. The summed E-state index contributed by atoms with van der Waals surface area (Å²) in [5.74, 6) is 1.48. The predicted octanol–water partition coefficient (Wildman–Crippen LogP) is 1.84. The number of likely N-dealkylation sites (tertiary alicyclic amines) is 1. The van der Waals surface area contributed by atoms with Crippen molar-refractivity contribution in [1.29, 1.82) is 0 Å². The van der Waals surface area contributed by atoms with E-state index in [1.54, 1.807) is 0 Å². The van der Waals surface area contributed by atoms with E-state index in [1.807, 2.05) is 9.80 Å². The fraction of sp³-hybridized carbons (Fsp3) is 0.913. The Hall–Kier alpha value is -1.14. The summed E-state index contributed by atoms with van der Waals surface area (Å²) in [6.07, 6.45) is 12.4. The van der Waals surface area contributed by atoms with Gasteiger partial charge in [0.25, 0.3) is 0 Å². The molecule has 0 spiro atoms. The highest BCUT2D eigenvalue weighted by Crippen LogP contribution is 2.39. The molecule has 2 saturated heterocycles. The molecule has 0 aromatic carbocycles. The molecule has 2 aliphatic heterocycles. The van der Waals surface area contributed by atoms with E-state index in [-0.39, 0.29) is 23.8 Å². The van der Waals surface area contributed by atoms with Crippen molar-refractivity contribution in [2.75, 3.05) is 39.3 Å². The predicted molar refractivity (Wildman–Crippen MR) is 112 cm³/mol. The maximum absolute atomic E-state index is 13.4. The topological polar surface area (TPSA) is 55.9 Å². The molecule has 0 radical (unpaired) electrons. The molecular formula is C23H38N4O2. The molecule has 2 amide bonds. The lowest BCUT2D eigenvalue weighted by atomic mass is 9.88. The summed E-state index contributed by atoms with van der Waals surface area (Å²) >= 11 is 0. The minimum atomic E-state index is -0.223. The van der Waals surface area contributed by atoms with Crippen molar-refractivity contribution in [3.05, 3.63) is 0 Å². The monoisotopic (exact) mass is 402 g/mol. The first-order valence-electron chi connectivity index (χ1n) is 12.3. The fourth-order valence-corrected chi connectivity index (χ4v) is 5.86. The van der Waals surface area contributed by atoms with Gasteiger partial charge in [-0.25, -0.2) is 0 Å². The minimum Gasteiger partial charge on any atom is -0.338 e. The molecule has 2 heterocycles. The van der Waals surface area contributed by atoms with Crippen LogP contribution in [-0.4, -0.2) is 83.9 Å². The first kappa shape index (κ1) is 19.8. The van der Waals surface area contributed by atoms with E-state index in [4.69, 9.17) is 0 Å². The Balaban J connectivity index is 1.30. The van der Waals surface area contributed by atoms with Gasteiger partial charge in [-0.05, 0) is 50.9 Å². The summed E-state index contributed by atoms with van der Waals surface area (Å²) in [4.78, 5) is 33.2. The second-order valence-electron chi connectivity index (χ2n) is 10.2. The quantitative estimate of drug-likeness (QED) is 0.737. The first-order valence-corrected chi connectivity index (χ1v) is 12.3. The van der Waals surface area contributed by atoms with Crippen molar-refractivity contribution in [3.63, 3.8) is 0 Å². The van der Waals surface area contributed by atoms with Crippen LogP contribution in [0.4, 0.5) is 0 Å². The van der Waals surface area contributed by atoms with E-state index in [0.717, 1.165) is 57.9 Å². The van der Waals surface area contributed by atoms with E-state index in [9.17, 15) is 9.59 Å². The zero-order valence-electron chi connectivity index (χ0n) is 17.9. The van der Waals surface area contributed by atoms with E-state index in [0.29, 0.717) is 12.1 Å². The molecule has 162 valence electrons. The van der Waals surface area contributed by atoms with Gasteiger partial charge in [-0.2, -0.15) is 0 Å². The van der Waals surface area contributed by atoms with Gasteiger partial charge in [-0.15, -0.1) is 0 Å². The third-order valence-electron chi connectivity index (χ3n) is 7.88. The number of piperazine rings is 1. The molecule has 0 bridgehead atoms. The Bertz CT molecular complexity index is 606. The van der Waals surface area contributed by atoms with Gasteiger partial charge in [0.15, 0.2) is 0 Å². The van der Waals surface area contributed by atoms with E-state index >= 15 is 0 Å². The summed E-state index contributed by atoms with van der Waals surface area (Å²) in [6.45, 7) is 5.26. The summed E-state index contributed by atoms with van der Waals surface area (Å²) in [5.41, 5.74) is 0. The highest BCUT2D eigenvalue weighted by atomic mass is 16.2. The standard InChI is InChI=1S/C23H38N4O2/c28-22(18-6-7-18)27-16-20(14-21(27)23(29)25-12-10-24-11-13-25)26(19-8-9-19)15-17-4-2-1-3-5-17/h17-21,24H,1-16H2. The molecule has 3 aliphatic carbocycles. The number of carbonyl (C=O) groups is 2. The van der Waals surface area contributed by atoms with E-state index in [2.05, 4.69) is 10.2 Å². The normalized spacial score (nSPS) is 31.5. The van der Waals surface area contributed by atoms with Gasteiger partial charge in [0, 0.05) is 57.3 Å². The Labute approximate surface area is 175 Å². The molecule has 5 fully saturated rings. The number of carbonyl (C=O) groups excluding carboxylic acids is 2. The summed E-state index contributed by atoms with van der Waals surface area (Å²) in [7, 11) is 0. The minimum absolute atomic E-state index is 0.194. The van der Waals surface area contributed by atoms with Crippen LogP contribution in [0.5, 0.6) is 0 Å². The molecule has 2 atom stereocenters. The number of hydrogen-bond acceptors (Lipinski definition) is 4. The number of nitrogens with one attached hydrogen (secondary N) is 1. The third-order valence-corrected chi connectivity index (χ3v) is 7.88. The molecule has 0 aromatic rings. The van der Waals surface area contributed by atoms with Gasteiger partial charge in [0.2, 0.25) is 11.8 Å². The van der Waals surface area contributed by atoms with E-state index in [1.165, 1.54) is 51.5 Å². The van der Waals surface area contributed by atoms with Crippen LogP contribution in [0.25, 0.3) is 0 Å². The molecule has 3 saturated carbocycles. The number of nitrogens with zero attached hydrogens (tertiary/aromatic N) is 3. The largest absolute Gasteiger partial charge is 0.338 e. The van der Waals surface area contributed by atoms with Crippen molar-refractivity contribution in [2.45, 2.75) is 82.3 Å². The highest BCUT2D eigenvalue weighted by Gasteiger charge is 2.48. The van der Waals surface area contributed by atoms with Gasteiger partial charge >= 0.3 is 0 Å². The van der Waals surface area contributed by atoms with Crippen molar-refractivity contribution >= 4 is 11.8 Å². The third kappa shape index (κ3) is 4.48. The van der Waals surface area contributed by atoms with Crippen LogP contribution in [0.1, 0.15) is 64.2 Å². The smallest absolute Gasteiger partial charge is 0.245 e. The fourth-order valence-electron chi connectivity index (χ4n) is 5.86. The molecule has 0 aromatic heterocycles. The molecule has 5 rings (SSSR count). The molecule has 29 heavy (non-hydrogen) atoms. The highest BCUT2D eigenvalue weighted by molar-refractivity contribution is 5.90. The molecule has 1 N–H and O–H groups in total. The van der Waals surface area contributed by atoms with Crippen LogP contribution in [0.3, 0.4) is 0 Å². The van der Waals surface area contributed by atoms with Gasteiger partial charge in [0.05, 0.1) is 0 Å². The Morgan fingerprint density at radius 3 is 2.24 bits per heavy atom. The van der Waals surface area contributed by atoms with E-state index < -0.39 is 0 Å². The van der Waals surface area contributed by atoms with Crippen molar-refractivity contribution < 1.29 is 9.59 Å². The van der Waals surface area contributed by atoms with Gasteiger partial charge in [-0.3, -0.25) is 14.5 Å². The van der Waals surface area contributed by atoms with Crippen molar-refractivity contribution in [1.82, 2.24) is 20.0 Å². The average Bonchev–Trinajstić information content (AvgIpc) is 3.69. The maximum Gasteiger partial charge on any atom is 0.245 e. The number of amides is 2. The van der Waals surface area contributed by atoms with Crippen LogP contribution >= 0.6 is 0 Å². The zero-order chi connectivity index (χ0) is 19.8. The summed E-state index contributed by atoms with van der Waals surface area (Å²) in [5, 5.41) is 3.34. The van der Waals surface area contributed by atoms with Crippen LogP contribution in [-0.2, 0) is 9.59 Å². The average molecular weight is 403 g/mol. The molecule has 6 nitrogen and oxygen atoms in total. The molecular weight excluding hydrogens is 364 g/mol. The van der Waals surface area contributed by atoms with Gasteiger partial charge < -0.3 is 15.1 Å². The molecule has 5 aliphatic rings. The van der Waals surface area contributed by atoms with Crippen molar-refractivity contribution in [3.8, 4) is 0 Å². The Morgan fingerprint density at radius 2 is 1.59 bits per heavy atom. The number of rotatable bonds is 6. The van der Waals surface area contributed by atoms with Crippen molar-refractivity contribution in [2.24, 2.45) is 11.8 Å². The number of hydrogen-bond donors (Lipinski definition) is 1. The molecule has 2 unspecified atom stereocenters. The van der Waals surface area contributed by atoms with Crippen LogP contribution < -0.4 is 5.32 Å². The lowest BCUT2D eigenvalue weighted by molar-refractivity contribution is -0.144. The maximum atomic E-state index is 13.4. The zero-order valence-corrected chi connectivity index (χ0v) is 17.9. The second kappa shape index (κ2) is 8.54. The lowest BCUT2D eigenvalue weighted by Crippen LogP contribution is -2.53. The molecule has 6 heteroatoms.